The molecular formula is C47H54O18. The third-order valence-corrected chi connectivity index (χ3v) is 11.7. The summed E-state index contributed by atoms with van der Waals surface area (Å²) in [5.41, 5.74) is 0.710. The minimum atomic E-state index is -1.42. The maximum absolute atomic E-state index is 13.7. The minimum Gasteiger partial charge on any atom is -0.459 e. The first-order chi connectivity index (χ1) is 31.0. The average Bonchev–Trinajstić information content (AvgIpc) is 4.00. The van der Waals surface area contributed by atoms with E-state index >= 15 is 0 Å². The van der Waals surface area contributed by atoms with Crippen LogP contribution in [0, 0.1) is 0 Å². The fourth-order valence-electron chi connectivity index (χ4n) is 8.91. The van der Waals surface area contributed by atoms with Gasteiger partial charge >= 0.3 is 17.9 Å². The molecule has 0 aromatic heterocycles. The molecule has 6 aliphatic rings. The lowest BCUT2D eigenvalue weighted by Crippen LogP contribution is -2.60. The predicted molar refractivity (Wildman–Crippen MR) is 220 cm³/mol. The lowest BCUT2D eigenvalue weighted by molar-refractivity contribution is -0.308. The van der Waals surface area contributed by atoms with Gasteiger partial charge in [-0.25, -0.2) is 14.4 Å². The lowest BCUT2D eigenvalue weighted by atomic mass is 9.98. The highest BCUT2D eigenvalue weighted by Crippen LogP contribution is 2.45. The van der Waals surface area contributed by atoms with Crippen molar-refractivity contribution in [3.8, 4) is 0 Å². The zero-order valence-electron chi connectivity index (χ0n) is 36.8. The molecule has 6 saturated heterocycles. The Balaban J connectivity index is 0.950. The van der Waals surface area contributed by atoms with Gasteiger partial charge in [-0.1, -0.05) is 54.6 Å². The Bertz CT molecular complexity index is 2140. The molecule has 6 heterocycles. The van der Waals surface area contributed by atoms with Crippen LogP contribution in [-0.2, 0) is 66.3 Å². The molecular weight excluding hydrogens is 852 g/mol. The van der Waals surface area contributed by atoms with Gasteiger partial charge in [0.1, 0.15) is 61.5 Å². The van der Waals surface area contributed by atoms with E-state index in [4.69, 9.17) is 66.3 Å². The first kappa shape index (κ1) is 45.7. The maximum Gasteiger partial charge on any atom is 0.338 e. The van der Waals surface area contributed by atoms with Crippen LogP contribution in [0.1, 0.15) is 72.6 Å². The zero-order chi connectivity index (χ0) is 45.7. The minimum absolute atomic E-state index is 0.119. The number of esters is 3. The summed E-state index contributed by atoms with van der Waals surface area (Å²) in [4.78, 5) is 40.5. The van der Waals surface area contributed by atoms with Gasteiger partial charge in [0.05, 0.1) is 29.9 Å². The molecule has 18 heteroatoms. The SMILES string of the molecule is CC1(C)O[C@H]2[C@@H](O1)[C@@H](CO[C@@H]1O[C@H](CO[C@@H]3O[C@@H](COC(=O)c4ccccc4)[C@H](OC(=O)c4ccccc4)[C@H]3OC(=O)c3ccccc3)[C@@H]3OC(C)(C)O[C@@H]3[C@H]1O)O[C@@H]1OC(C)(C)O[C@@H]12. The van der Waals surface area contributed by atoms with E-state index in [0.717, 1.165) is 0 Å². The second-order valence-corrected chi connectivity index (χ2v) is 18.0. The second-order valence-electron chi connectivity index (χ2n) is 18.0. The highest BCUT2D eigenvalue weighted by molar-refractivity contribution is 5.91. The molecule has 0 amide bonds. The van der Waals surface area contributed by atoms with Crippen LogP contribution in [0.15, 0.2) is 91.0 Å². The number of carbonyl (C=O) groups excluding carboxylic acids is 3. The summed E-state index contributed by atoms with van der Waals surface area (Å²) in [5.74, 6) is -5.18. The Labute approximate surface area is 375 Å². The Morgan fingerprint density at radius 3 is 1.49 bits per heavy atom. The van der Waals surface area contributed by atoms with E-state index in [1.807, 2.05) is 0 Å². The Morgan fingerprint density at radius 2 is 0.908 bits per heavy atom. The summed E-state index contributed by atoms with van der Waals surface area (Å²) in [6.07, 6.45) is -14.0. The molecule has 1 N–H and O–H groups in total. The van der Waals surface area contributed by atoms with Crippen molar-refractivity contribution in [2.24, 2.45) is 0 Å². The van der Waals surface area contributed by atoms with Crippen LogP contribution in [-0.4, -0.2) is 146 Å². The number of ether oxygens (including phenoxy) is 14. The molecule has 0 spiro atoms. The van der Waals surface area contributed by atoms with E-state index in [9.17, 15) is 19.5 Å². The van der Waals surface area contributed by atoms with Crippen LogP contribution in [0.4, 0.5) is 0 Å². The number of hydrogen-bond acceptors (Lipinski definition) is 18. The molecule has 350 valence electrons. The average molecular weight is 907 g/mol. The van der Waals surface area contributed by atoms with E-state index in [1.165, 1.54) is 0 Å². The van der Waals surface area contributed by atoms with Crippen molar-refractivity contribution in [3.05, 3.63) is 108 Å². The van der Waals surface area contributed by atoms with Crippen LogP contribution in [0.5, 0.6) is 0 Å². The van der Waals surface area contributed by atoms with Gasteiger partial charge in [-0.2, -0.15) is 0 Å². The van der Waals surface area contributed by atoms with Crippen molar-refractivity contribution in [1.82, 2.24) is 0 Å². The van der Waals surface area contributed by atoms with Gasteiger partial charge in [-0.3, -0.25) is 0 Å². The van der Waals surface area contributed by atoms with E-state index < -0.39 is 128 Å². The summed E-state index contributed by atoms with van der Waals surface area (Å²) in [6, 6.07) is 24.8. The van der Waals surface area contributed by atoms with Crippen molar-refractivity contribution >= 4 is 17.9 Å². The molecule has 18 nitrogen and oxygen atoms in total. The summed E-state index contributed by atoms with van der Waals surface area (Å²) in [6.45, 7) is 9.75. The molecule has 0 bridgehead atoms. The molecule has 9 rings (SSSR count). The topological polar surface area (TPSA) is 201 Å². The summed E-state index contributed by atoms with van der Waals surface area (Å²) < 4.78 is 86.7. The van der Waals surface area contributed by atoms with Gasteiger partial charge < -0.3 is 71.4 Å². The fourth-order valence-corrected chi connectivity index (χ4v) is 8.91. The standard InChI is InChI=1S/C47H54O18/c1-45(2)60-33-29(55-42(31(48)35(33)62-45)53-23-30-34-36(63-46(3,4)61-34)38-44(57-30)65-47(5,6)64-38)24-54-43-37(59-41(51)27-20-14-9-15-21-27)32(58-40(50)26-18-12-8-13-19-26)28(56-43)22-52-39(49)25-16-10-7-11-17-25/h7-21,28-38,42-44,48H,22-24H2,1-6H3/t28-,29+,30+,31+,32-,33-,34-,35+,36-,37+,38+,42+,43+,44+/m0/s1. The van der Waals surface area contributed by atoms with Crippen molar-refractivity contribution in [1.29, 1.82) is 0 Å². The van der Waals surface area contributed by atoms with Gasteiger partial charge in [-0.15, -0.1) is 0 Å². The number of carbonyl (C=O) groups is 3. The monoisotopic (exact) mass is 906 g/mol. The smallest absolute Gasteiger partial charge is 0.338 e. The Morgan fingerprint density at radius 1 is 0.477 bits per heavy atom. The first-order valence-electron chi connectivity index (χ1n) is 21.7. The second kappa shape index (κ2) is 18.3. The third kappa shape index (κ3) is 10.00. The van der Waals surface area contributed by atoms with E-state index in [2.05, 4.69) is 0 Å². The molecule has 3 aromatic rings. The van der Waals surface area contributed by atoms with Crippen molar-refractivity contribution in [3.63, 3.8) is 0 Å². The largest absolute Gasteiger partial charge is 0.459 e. The number of rotatable bonds is 13. The normalized spacial score (nSPS) is 36.2. The Kier molecular flexibility index (Phi) is 12.9. The molecule has 0 unspecified atom stereocenters. The van der Waals surface area contributed by atoms with Gasteiger partial charge in [-0.05, 0) is 77.9 Å². The van der Waals surface area contributed by atoms with Crippen LogP contribution < -0.4 is 0 Å². The summed E-state index contributed by atoms with van der Waals surface area (Å²) >= 11 is 0. The first-order valence-corrected chi connectivity index (χ1v) is 21.7. The summed E-state index contributed by atoms with van der Waals surface area (Å²) in [7, 11) is 0. The number of aliphatic hydroxyl groups excluding tert-OH is 1. The number of hydrogen-bond donors (Lipinski definition) is 1. The van der Waals surface area contributed by atoms with Crippen LogP contribution in [0.25, 0.3) is 0 Å². The van der Waals surface area contributed by atoms with Gasteiger partial charge in [0.25, 0.3) is 0 Å². The highest BCUT2D eigenvalue weighted by Gasteiger charge is 2.62. The Hall–Kier alpha value is -4.41. The molecule has 0 saturated carbocycles. The third-order valence-electron chi connectivity index (χ3n) is 11.7. The number of benzene rings is 3. The molecule has 6 fully saturated rings. The van der Waals surface area contributed by atoms with Crippen LogP contribution in [0.3, 0.4) is 0 Å². The molecule has 65 heavy (non-hydrogen) atoms. The zero-order valence-corrected chi connectivity index (χ0v) is 36.8. The molecule has 3 aromatic carbocycles. The lowest BCUT2D eigenvalue weighted by Gasteiger charge is -2.41. The quantitative estimate of drug-likeness (QED) is 0.190. The molecule has 14 atom stereocenters. The van der Waals surface area contributed by atoms with E-state index in [1.54, 1.807) is 133 Å². The number of fused-ring (bicyclic) bond motifs is 4. The van der Waals surface area contributed by atoms with Crippen molar-refractivity contribution in [2.45, 2.75) is 145 Å². The van der Waals surface area contributed by atoms with Crippen molar-refractivity contribution < 1.29 is 85.8 Å². The summed E-state index contributed by atoms with van der Waals surface area (Å²) in [5, 5.41) is 11.7. The predicted octanol–water partition coefficient (Wildman–Crippen LogP) is 4.06. The highest BCUT2D eigenvalue weighted by atomic mass is 16.9. The van der Waals surface area contributed by atoms with E-state index in [-0.39, 0.29) is 29.9 Å². The van der Waals surface area contributed by atoms with Crippen molar-refractivity contribution in [2.75, 3.05) is 19.8 Å². The van der Waals surface area contributed by atoms with Gasteiger partial charge in [0.15, 0.2) is 48.4 Å². The van der Waals surface area contributed by atoms with Crippen LogP contribution in [0.2, 0.25) is 0 Å². The maximum atomic E-state index is 13.7. The van der Waals surface area contributed by atoms with Crippen LogP contribution >= 0.6 is 0 Å². The molecule has 0 aliphatic carbocycles. The molecule has 6 aliphatic heterocycles. The molecule has 0 radical (unpaired) electrons. The van der Waals surface area contributed by atoms with E-state index in [0.29, 0.717) is 0 Å². The van der Waals surface area contributed by atoms with Gasteiger partial charge in [0.2, 0.25) is 0 Å². The van der Waals surface area contributed by atoms with Gasteiger partial charge in [0, 0.05) is 0 Å². The number of aliphatic hydroxyl groups is 1. The fraction of sp³-hybridized carbons (Fsp3) is 0.553.